The van der Waals surface area contributed by atoms with Gasteiger partial charge < -0.3 is 14.2 Å². The van der Waals surface area contributed by atoms with Crippen LogP contribution in [0, 0.1) is 6.92 Å². The zero-order valence-corrected chi connectivity index (χ0v) is 11.3. The predicted molar refractivity (Wildman–Crippen MR) is 68.2 cm³/mol. The van der Waals surface area contributed by atoms with Crippen LogP contribution in [0.4, 0.5) is 0 Å². The van der Waals surface area contributed by atoms with E-state index in [2.05, 4.69) is 36.3 Å². The Bertz CT molecular complexity index is 508. The van der Waals surface area contributed by atoms with Crippen LogP contribution in [0.25, 0.3) is 11.7 Å². The highest BCUT2D eigenvalue weighted by Crippen LogP contribution is 2.22. The summed E-state index contributed by atoms with van der Waals surface area (Å²) in [6, 6.07) is 1.88. The Labute approximate surface area is 107 Å². The molecule has 0 saturated heterocycles. The second kappa shape index (κ2) is 4.94. The summed E-state index contributed by atoms with van der Waals surface area (Å²) >= 11 is 0. The molecule has 98 valence electrons. The van der Waals surface area contributed by atoms with Gasteiger partial charge in [0.15, 0.2) is 5.76 Å². The van der Waals surface area contributed by atoms with Gasteiger partial charge in [-0.15, -0.1) is 10.2 Å². The highest BCUT2D eigenvalue weighted by atomic mass is 16.4. The van der Waals surface area contributed by atoms with Gasteiger partial charge in [-0.2, -0.15) is 0 Å². The standard InChI is InChI=1S/C13H19N3O2/c1-9-6-8-17-11(9)12-16-15-10(18-12)5-7-14-13(2,3)4/h6,8,14H,5,7H2,1-4H3. The Balaban J connectivity index is 1.97. The van der Waals surface area contributed by atoms with E-state index in [0.717, 1.165) is 12.1 Å². The van der Waals surface area contributed by atoms with Crippen molar-refractivity contribution in [2.75, 3.05) is 6.54 Å². The summed E-state index contributed by atoms with van der Waals surface area (Å²) < 4.78 is 10.9. The molecule has 0 unspecified atom stereocenters. The van der Waals surface area contributed by atoms with E-state index in [-0.39, 0.29) is 5.54 Å². The molecule has 0 spiro atoms. The van der Waals surface area contributed by atoms with Crippen molar-refractivity contribution >= 4 is 0 Å². The van der Waals surface area contributed by atoms with Crippen molar-refractivity contribution in [1.29, 1.82) is 0 Å². The lowest BCUT2D eigenvalue weighted by Crippen LogP contribution is -2.37. The minimum absolute atomic E-state index is 0.0977. The Morgan fingerprint density at radius 2 is 2.06 bits per heavy atom. The lowest BCUT2D eigenvalue weighted by atomic mass is 10.1. The van der Waals surface area contributed by atoms with Gasteiger partial charge in [0.1, 0.15) is 0 Å². The first-order valence-corrected chi connectivity index (χ1v) is 6.07. The Morgan fingerprint density at radius 1 is 1.28 bits per heavy atom. The van der Waals surface area contributed by atoms with Gasteiger partial charge in [0, 0.05) is 24.1 Å². The first kappa shape index (κ1) is 12.8. The predicted octanol–water partition coefficient (Wildman–Crippen LogP) is 2.57. The van der Waals surface area contributed by atoms with Gasteiger partial charge >= 0.3 is 0 Å². The summed E-state index contributed by atoms with van der Waals surface area (Å²) in [5.74, 6) is 1.72. The number of furan rings is 1. The third-order valence-corrected chi connectivity index (χ3v) is 2.52. The van der Waals surface area contributed by atoms with E-state index in [1.54, 1.807) is 6.26 Å². The molecule has 18 heavy (non-hydrogen) atoms. The van der Waals surface area contributed by atoms with E-state index < -0.39 is 0 Å². The molecule has 0 aliphatic heterocycles. The average Bonchev–Trinajstić information content (AvgIpc) is 2.84. The average molecular weight is 249 g/mol. The molecule has 0 saturated carbocycles. The molecule has 2 aromatic heterocycles. The molecule has 5 nitrogen and oxygen atoms in total. The molecular weight excluding hydrogens is 230 g/mol. The van der Waals surface area contributed by atoms with Crippen LogP contribution in [0.5, 0.6) is 0 Å². The fourth-order valence-corrected chi connectivity index (χ4v) is 1.58. The van der Waals surface area contributed by atoms with Crippen LogP contribution >= 0.6 is 0 Å². The second-order valence-electron chi connectivity index (χ2n) is 5.36. The van der Waals surface area contributed by atoms with Crippen LogP contribution in [0.1, 0.15) is 32.2 Å². The lowest BCUT2D eigenvalue weighted by Gasteiger charge is -2.19. The number of nitrogens with one attached hydrogen (secondary N) is 1. The van der Waals surface area contributed by atoms with Gasteiger partial charge in [0.25, 0.3) is 5.89 Å². The maximum atomic E-state index is 5.57. The summed E-state index contributed by atoms with van der Waals surface area (Å²) in [5, 5.41) is 11.4. The molecule has 0 radical (unpaired) electrons. The maximum absolute atomic E-state index is 5.57. The molecule has 0 aromatic carbocycles. The highest BCUT2D eigenvalue weighted by Gasteiger charge is 2.14. The molecule has 5 heteroatoms. The van der Waals surface area contributed by atoms with Gasteiger partial charge in [0.05, 0.1) is 6.26 Å². The number of hydrogen-bond donors (Lipinski definition) is 1. The highest BCUT2D eigenvalue weighted by molar-refractivity contribution is 5.49. The Kier molecular flexibility index (Phi) is 3.52. The van der Waals surface area contributed by atoms with Crippen LogP contribution in [-0.2, 0) is 6.42 Å². The monoisotopic (exact) mass is 249 g/mol. The zero-order valence-electron chi connectivity index (χ0n) is 11.3. The maximum Gasteiger partial charge on any atom is 0.283 e. The minimum Gasteiger partial charge on any atom is -0.459 e. The van der Waals surface area contributed by atoms with Crippen LogP contribution < -0.4 is 5.32 Å². The van der Waals surface area contributed by atoms with Gasteiger partial charge in [-0.3, -0.25) is 0 Å². The lowest BCUT2D eigenvalue weighted by molar-refractivity contribution is 0.409. The number of rotatable bonds is 4. The van der Waals surface area contributed by atoms with E-state index in [9.17, 15) is 0 Å². The third kappa shape index (κ3) is 3.20. The smallest absolute Gasteiger partial charge is 0.283 e. The number of aryl methyl sites for hydroxylation is 1. The molecule has 1 N–H and O–H groups in total. The van der Waals surface area contributed by atoms with Crippen molar-refractivity contribution in [3.05, 3.63) is 23.8 Å². The van der Waals surface area contributed by atoms with Gasteiger partial charge in [-0.1, -0.05) is 0 Å². The van der Waals surface area contributed by atoms with Crippen molar-refractivity contribution < 1.29 is 8.83 Å². The number of aromatic nitrogens is 2. The third-order valence-electron chi connectivity index (χ3n) is 2.52. The molecule has 2 aromatic rings. The number of hydrogen-bond acceptors (Lipinski definition) is 5. The summed E-state index contributed by atoms with van der Waals surface area (Å²) in [4.78, 5) is 0. The molecule has 0 atom stereocenters. The summed E-state index contributed by atoms with van der Waals surface area (Å²) in [5.41, 5.74) is 1.10. The molecule has 0 aliphatic rings. The van der Waals surface area contributed by atoms with Crippen LogP contribution in [0.15, 0.2) is 21.2 Å². The molecule has 0 amide bonds. The summed E-state index contributed by atoms with van der Waals surface area (Å²) in [7, 11) is 0. The van der Waals surface area contributed by atoms with E-state index in [1.807, 2.05) is 13.0 Å². The van der Waals surface area contributed by atoms with Crippen molar-refractivity contribution in [2.45, 2.75) is 39.7 Å². The van der Waals surface area contributed by atoms with E-state index >= 15 is 0 Å². The molecule has 0 aliphatic carbocycles. The zero-order chi connectivity index (χ0) is 13.2. The van der Waals surface area contributed by atoms with Gasteiger partial charge in [0.2, 0.25) is 5.89 Å². The van der Waals surface area contributed by atoms with Gasteiger partial charge in [-0.25, -0.2) is 0 Å². The molecule has 2 rings (SSSR count). The fraction of sp³-hybridized carbons (Fsp3) is 0.538. The van der Waals surface area contributed by atoms with Crippen LogP contribution in [0.2, 0.25) is 0 Å². The number of nitrogens with zero attached hydrogens (tertiary/aromatic N) is 2. The Hall–Kier alpha value is -1.62. The molecule has 0 fully saturated rings. The Morgan fingerprint density at radius 3 is 2.67 bits per heavy atom. The normalized spacial score (nSPS) is 12.0. The molecule has 0 bridgehead atoms. The first-order valence-electron chi connectivity index (χ1n) is 6.07. The second-order valence-corrected chi connectivity index (χ2v) is 5.36. The molecular formula is C13H19N3O2. The quantitative estimate of drug-likeness (QED) is 0.902. The largest absolute Gasteiger partial charge is 0.459 e. The van der Waals surface area contributed by atoms with Crippen LogP contribution in [0.3, 0.4) is 0 Å². The fourth-order valence-electron chi connectivity index (χ4n) is 1.58. The van der Waals surface area contributed by atoms with Crippen LogP contribution in [-0.4, -0.2) is 22.3 Å². The van der Waals surface area contributed by atoms with E-state index in [0.29, 0.717) is 24.0 Å². The first-order chi connectivity index (χ1) is 8.46. The summed E-state index contributed by atoms with van der Waals surface area (Å²) in [6.45, 7) is 9.13. The summed E-state index contributed by atoms with van der Waals surface area (Å²) in [6.07, 6.45) is 2.33. The van der Waals surface area contributed by atoms with Crippen molar-refractivity contribution in [3.63, 3.8) is 0 Å². The SMILES string of the molecule is Cc1ccoc1-c1nnc(CCNC(C)(C)C)o1. The van der Waals surface area contributed by atoms with Gasteiger partial charge in [-0.05, 0) is 33.8 Å². The van der Waals surface area contributed by atoms with E-state index in [4.69, 9.17) is 8.83 Å². The topological polar surface area (TPSA) is 64.1 Å². The van der Waals surface area contributed by atoms with Crippen molar-refractivity contribution in [3.8, 4) is 11.7 Å². The molecule has 2 heterocycles. The van der Waals surface area contributed by atoms with E-state index in [1.165, 1.54) is 0 Å². The van der Waals surface area contributed by atoms with Crippen molar-refractivity contribution in [2.24, 2.45) is 0 Å². The van der Waals surface area contributed by atoms with Crippen molar-refractivity contribution in [1.82, 2.24) is 15.5 Å². The minimum atomic E-state index is 0.0977.